The Balaban J connectivity index is 1.47. The zero-order valence-electron chi connectivity index (χ0n) is 23.2. The molecular weight excluding hydrogens is 479 g/mol. The second kappa shape index (κ2) is 14.5. The molecule has 0 heterocycles. The Morgan fingerprint density at radius 2 is 1.78 bits per heavy atom. The van der Waals surface area contributed by atoms with E-state index >= 15 is 4.39 Å². The molecule has 0 spiro atoms. The number of rotatable bonds is 16. The van der Waals surface area contributed by atoms with Crippen molar-refractivity contribution >= 4 is 13.5 Å². The number of hydrogen-bond acceptors (Lipinski definition) is 6. The van der Waals surface area contributed by atoms with Gasteiger partial charge < -0.3 is 25.0 Å². The molecule has 1 amide bonds. The molecule has 3 aliphatic rings. The van der Waals surface area contributed by atoms with Gasteiger partial charge in [0.1, 0.15) is 12.3 Å². The minimum atomic E-state index is -1.44. The Morgan fingerprint density at radius 1 is 1.08 bits per heavy atom. The van der Waals surface area contributed by atoms with Gasteiger partial charge in [0, 0.05) is 44.2 Å². The Labute approximate surface area is 222 Å². The highest BCUT2D eigenvalue weighted by Crippen LogP contribution is 2.47. The third-order valence-electron chi connectivity index (χ3n) is 9.13. The van der Waals surface area contributed by atoms with Crippen LogP contribution in [0, 0.1) is 5.92 Å². The van der Waals surface area contributed by atoms with Gasteiger partial charge in [0.25, 0.3) is 0 Å². The van der Waals surface area contributed by atoms with Crippen LogP contribution in [-0.2, 0) is 9.53 Å². The minimum Gasteiger partial charge on any atom is -0.427 e. The zero-order chi connectivity index (χ0) is 27.0. The molecule has 3 fully saturated rings. The Hall–Kier alpha value is -0.805. The van der Waals surface area contributed by atoms with Gasteiger partial charge in [0.15, 0.2) is 0 Å². The summed E-state index contributed by atoms with van der Waals surface area (Å²) in [4.78, 5) is 16.0. The van der Waals surface area contributed by atoms with Gasteiger partial charge in [-0.05, 0) is 82.6 Å². The smallest absolute Gasteiger partial charge is 0.427 e. The van der Waals surface area contributed by atoms with Gasteiger partial charge in [-0.2, -0.15) is 0 Å². The maximum Gasteiger partial charge on any atom is 0.454 e. The Kier molecular flexibility index (Phi) is 12.1. The number of nitrogens with one attached hydrogen (secondary N) is 1. The monoisotopic (exact) mass is 529 g/mol. The lowest BCUT2D eigenvalue weighted by Crippen LogP contribution is -2.52. The number of methoxy groups -OCH3 is 1. The van der Waals surface area contributed by atoms with Crippen LogP contribution in [0.25, 0.3) is 0 Å². The second-order valence-electron chi connectivity index (χ2n) is 11.9. The lowest BCUT2D eigenvalue weighted by Gasteiger charge is -2.42. The van der Waals surface area contributed by atoms with Crippen LogP contribution in [-0.4, -0.2) is 103 Å². The summed E-state index contributed by atoms with van der Waals surface area (Å²) in [5.41, 5.74) is -0.105. The topological polar surface area (TPSA) is 85.3 Å². The van der Waals surface area contributed by atoms with Crippen LogP contribution in [0.2, 0.25) is 5.82 Å². The highest BCUT2D eigenvalue weighted by Gasteiger charge is 2.47. The first-order valence-electron chi connectivity index (χ1n) is 14.6. The zero-order valence-corrected chi connectivity index (χ0v) is 23.2. The molecule has 7 unspecified atom stereocenters. The number of carbonyl (C=O) groups is 1. The van der Waals surface area contributed by atoms with E-state index in [9.17, 15) is 19.2 Å². The molecule has 0 aromatic heterocycles. The Bertz CT molecular complexity index is 684. The van der Waals surface area contributed by atoms with Crippen LogP contribution < -0.4 is 5.32 Å². The molecule has 3 saturated carbocycles. The van der Waals surface area contributed by atoms with Crippen LogP contribution in [0.1, 0.15) is 84.5 Å². The van der Waals surface area contributed by atoms with Crippen molar-refractivity contribution in [2.75, 3.05) is 33.3 Å². The number of halogens is 2. The molecular formula is C27H50BF2N3O4. The van der Waals surface area contributed by atoms with Crippen molar-refractivity contribution in [3.05, 3.63) is 0 Å². The molecule has 0 aliphatic heterocycles. The third kappa shape index (κ3) is 8.59. The van der Waals surface area contributed by atoms with Gasteiger partial charge >= 0.3 is 7.12 Å². The van der Waals surface area contributed by atoms with E-state index in [4.69, 9.17) is 4.74 Å². The highest BCUT2D eigenvalue weighted by molar-refractivity contribution is 6.43. The number of ether oxygens (including phenoxy) is 1. The predicted octanol–water partition coefficient (Wildman–Crippen LogP) is 3.33. The fourth-order valence-corrected chi connectivity index (χ4v) is 6.69. The van der Waals surface area contributed by atoms with Gasteiger partial charge in [-0.15, -0.1) is 0 Å². The Morgan fingerprint density at radius 3 is 2.30 bits per heavy atom. The number of carbonyl (C=O) groups excluding carboxylic acids is 1. The minimum absolute atomic E-state index is 0.0608. The number of amides is 1. The molecule has 3 rings (SSSR count). The average molecular weight is 530 g/mol. The van der Waals surface area contributed by atoms with E-state index in [1.54, 1.807) is 12.0 Å². The van der Waals surface area contributed by atoms with E-state index < -0.39 is 19.5 Å². The van der Waals surface area contributed by atoms with Gasteiger partial charge in [-0.3, -0.25) is 9.69 Å². The maximum atomic E-state index is 15.3. The highest BCUT2D eigenvalue weighted by atomic mass is 19.1. The molecule has 0 aromatic carbocycles. The first-order valence-corrected chi connectivity index (χ1v) is 14.6. The molecule has 10 heteroatoms. The SMILES string of the molecule is CCCN(CCC)C1CCC(N(C=O)CC(CNC2(CC3CCC(B(O)O)CC3F)CC2)OC)CC1F. The number of hydrogen-bond donors (Lipinski definition) is 3. The fraction of sp³-hybridized carbons (Fsp3) is 0.963. The molecule has 214 valence electrons. The van der Waals surface area contributed by atoms with E-state index in [0.29, 0.717) is 32.4 Å². The summed E-state index contributed by atoms with van der Waals surface area (Å²) in [6.45, 7) is 7.04. The average Bonchev–Trinajstić information content (AvgIpc) is 3.65. The van der Waals surface area contributed by atoms with Crippen LogP contribution in [0.3, 0.4) is 0 Å². The van der Waals surface area contributed by atoms with Crippen molar-refractivity contribution in [2.24, 2.45) is 5.92 Å². The molecule has 0 radical (unpaired) electrons. The normalized spacial score (nSPS) is 32.2. The maximum absolute atomic E-state index is 15.3. The molecule has 0 bridgehead atoms. The standard InChI is InChI=1S/C27H50BF2N3O4/c1-4-12-32(13-5-2)26-9-8-22(15-25(26)30)33(19-34)18-23(37-3)17-31-27(10-11-27)16-20-6-7-21(28(35)36)14-24(20)29/h19-26,31,35-36H,4-18H2,1-3H3. The van der Waals surface area contributed by atoms with Crippen LogP contribution in [0.4, 0.5) is 8.78 Å². The summed E-state index contributed by atoms with van der Waals surface area (Å²) in [7, 11) is 0.195. The molecule has 3 aliphatic carbocycles. The first kappa shape index (κ1) is 30.7. The van der Waals surface area contributed by atoms with Crippen molar-refractivity contribution in [3.8, 4) is 0 Å². The summed E-state index contributed by atoms with van der Waals surface area (Å²) in [6.07, 6.45) is 6.81. The molecule has 0 aromatic rings. The number of nitrogens with zero attached hydrogens (tertiary/aromatic N) is 2. The van der Waals surface area contributed by atoms with Crippen molar-refractivity contribution in [1.29, 1.82) is 0 Å². The fourth-order valence-electron chi connectivity index (χ4n) is 6.69. The predicted molar refractivity (Wildman–Crippen MR) is 143 cm³/mol. The number of alkyl halides is 2. The summed E-state index contributed by atoms with van der Waals surface area (Å²) in [5, 5.41) is 22.4. The summed E-state index contributed by atoms with van der Waals surface area (Å²) in [5.74, 6) is -0.448. The quantitative estimate of drug-likeness (QED) is 0.210. The summed E-state index contributed by atoms with van der Waals surface area (Å²) < 4.78 is 35.7. The van der Waals surface area contributed by atoms with Gasteiger partial charge in [0.2, 0.25) is 6.41 Å². The van der Waals surface area contributed by atoms with Crippen molar-refractivity contribution in [3.63, 3.8) is 0 Å². The van der Waals surface area contributed by atoms with Gasteiger partial charge in [0.05, 0.1) is 6.10 Å². The van der Waals surface area contributed by atoms with Crippen LogP contribution >= 0.6 is 0 Å². The molecule has 0 saturated heterocycles. The van der Waals surface area contributed by atoms with E-state index in [1.807, 2.05) is 0 Å². The molecule has 7 nitrogen and oxygen atoms in total. The lowest BCUT2D eigenvalue weighted by molar-refractivity contribution is -0.123. The van der Waals surface area contributed by atoms with E-state index in [-0.39, 0.29) is 41.9 Å². The molecule has 3 N–H and O–H groups in total. The lowest BCUT2D eigenvalue weighted by atomic mass is 9.62. The van der Waals surface area contributed by atoms with Crippen molar-refractivity contribution < 1.29 is 28.4 Å². The summed E-state index contributed by atoms with van der Waals surface area (Å²) in [6, 6.07) is -0.181. The van der Waals surface area contributed by atoms with E-state index in [2.05, 4.69) is 24.1 Å². The van der Waals surface area contributed by atoms with Crippen LogP contribution in [0.5, 0.6) is 0 Å². The third-order valence-corrected chi connectivity index (χ3v) is 9.13. The molecule has 37 heavy (non-hydrogen) atoms. The van der Waals surface area contributed by atoms with E-state index in [0.717, 1.165) is 64.4 Å². The van der Waals surface area contributed by atoms with Gasteiger partial charge in [-0.25, -0.2) is 8.78 Å². The second-order valence-corrected chi connectivity index (χ2v) is 11.9. The van der Waals surface area contributed by atoms with Gasteiger partial charge in [-0.1, -0.05) is 20.3 Å². The largest absolute Gasteiger partial charge is 0.454 e. The summed E-state index contributed by atoms with van der Waals surface area (Å²) >= 11 is 0. The van der Waals surface area contributed by atoms with E-state index in [1.165, 1.54) is 0 Å². The molecule has 7 atom stereocenters. The first-order chi connectivity index (χ1) is 17.8. The van der Waals surface area contributed by atoms with Crippen LogP contribution in [0.15, 0.2) is 0 Å². The van der Waals surface area contributed by atoms with Crippen molar-refractivity contribution in [2.45, 2.75) is 126 Å². The van der Waals surface area contributed by atoms with Crippen molar-refractivity contribution in [1.82, 2.24) is 15.1 Å².